The lowest BCUT2D eigenvalue weighted by molar-refractivity contribution is 0.141. The molecule has 1 aliphatic rings. The van der Waals surface area contributed by atoms with Crippen molar-refractivity contribution in [2.45, 2.75) is 13.8 Å². The standard InChI is InChI=1S/C9H19N3/c1-7(2)9(10)11-4-8-5-12(3)6-8/h7-8H,4-6H2,1-3H3,(H2,10,11). The third kappa shape index (κ3) is 2.48. The van der Waals surface area contributed by atoms with Gasteiger partial charge in [-0.15, -0.1) is 0 Å². The first kappa shape index (κ1) is 9.52. The summed E-state index contributed by atoms with van der Waals surface area (Å²) in [6, 6.07) is 0. The van der Waals surface area contributed by atoms with Gasteiger partial charge in [-0.2, -0.15) is 0 Å². The lowest BCUT2D eigenvalue weighted by Crippen LogP contribution is -2.45. The highest BCUT2D eigenvalue weighted by molar-refractivity contribution is 5.82. The normalized spacial score (nSPS) is 21.5. The Bertz CT molecular complexity index is 169. The van der Waals surface area contributed by atoms with Crippen LogP contribution in [0.25, 0.3) is 0 Å². The number of nitrogens with zero attached hydrogens (tertiary/aromatic N) is 2. The van der Waals surface area contributed by atoms with Crippen LogP contribution in [0.4, 0.5) is 0 Å². The fourth-order valence-electron chi connectivity index (χ4n) is 1.36. The Labute approximate surface area is 74.6 Å². The van der Waals surface area contributed by atoms with E-state index in [9.17, 15) is 0 Å². The number of hydrogen-bond acceptors (Lipinski definition) is 2. The van der Waals surface area contributed by atoms with Gasteiger partial charge in [-0.1, -0.05) is 13.8 Å². The van der Waals surface area contributed by atoms with Gasteiger partial charge in [0.15, 0.2) is 0 Å². The summed E-state index contributed by atoms with van der Waals surface area (Å²) in [5.41, 5.74) is 5.71. The van der Waals surface area contributed by atoms with Crippen LogP contribution in [0.5, 0.6) is 0 Å². The van der Waals surface area contributed by atoms with Crippen molar-refractivity contribution in [3.8, 4) is 0 Å². The molecule has 0 saturated carbocycles. The topological polar surface area (TPSA) is 41.6 Å². The molecule has 1 saturated heterocycles. The summed E-state index contributed by atoms with van der Waals surface area (Å²) < 4.78 is 0. The summed E-state index contributed by atoms with van der Waals surface area (Å²) in [4.78, 5) is 6.65. The minimum atomic E-state index is 0.391. The molecule has 1 heterocycles. The fourth-order valence-corrected chi connectivity index (χ4v) is 1.36. The largest absolute Gasteiger partial charge is 0.387 e. The molecule has 0 atom stereocenters. The number of nitrogens with two attached hydrogens (primary N) is 1. The predicted octanol–water partition coefficient (Wildman–Crippen LogP) is 0.561. The third-order valence-corrected chi connectivity index (χ3v) is 2.26. The SMILES string of the molecule is CC(C)C(N)=NCC1CN(C)C1. The predicted molar refractivity (Wildman–Crippen MR) is 52.3 cm³/mol. The molecule has 1 aliphatic heterocycles. The van der Waals surface area contributed by atoms with Crippen molar-refractivity contribution in [3.63, 3.8) is 0 Å². The van der Waals surface area contributed by atoms with E-state index in [1.54, 1.807) is 0 Å². The van der Waals surface area contributed by atoms with Crippen molar-refractivity contribution in [1.29, 1.82) is 0 Å². The van der Waals surface area contributed by atoms with Gasteiger partial charge >= 0.3 is 0 Å². The number of rotatable bonds is 3. The Morgan fingerprint density at radius 2 is 2.17 bits per heavy atom. The number of aliphatic imine (C=N–C) groups is 1. The smallest absolute Gasteiger partial charge is 0.0962 e. The molecule has 0 unspecified atom stereocenters. The first-order valence-corrected chi connectivity index (χ1v) is 4.58. The molecule has 0 aromatic rings. The zero-order valence-corrected chi connectivity index (χ0v) is 8.25. The van der Waals surface area contributed by atoms with Crippen LogP contribution in [-0.2, 0) is 0 Å². The Hall–Kier alpha value is -0.570. The second-order valence-electron chi connectivity index (χ2n) is 4.01. The molecule has 3 nitrogen and oxygen atoms in total. The minimum Gasteiger partial charge on any atom is -0.387 e. The van der Waals surface area contributed by atoms with Gasteiger partial charge in [-0.25, -0.2) is 0 Å². The van der Waals surface area contributed by atoms with E-state index in [0.717, 1.165) is 18.3 Å². The number of amidine groups is 1. The molecule has 2 N–H and O–H groups in total. The summed E-state index contributed by atoms with van der Waals surface area (Å²) in [7, 11) is 2.13. The molecule has 3 heteroatoms. The van der Waals surface area contributed by atoms with Crippen molar-refractivity contribution >= 4 is 5.84 Å². The molecule has 1 fully saturated rings. The average molecular weight is 169 g/mol. The van der Waals surface area contributed by atoms with Gasteiger partial charge < -0.3 is 10.6 Å². The van der Waals surface area contributed by atoms with E-state index in [2.05, 4.69) is 30.8 Å². The van der Waals surface area contributed by atoms with Gasteiger partial charge in [0.05, 0.1) is 5.84 Å². The van der Waals surface area contributed by atoms with E-state index in [1.807, 2.05) is 0 Å². The van der Waals surface area contributed by atoms with Crippen LogP contribution in [-0.4, -0.2) is 37.4 Å². The van der Waals surface area contributed by atoms with E-state index in [4.69, 9.17) is 5.73 Å². The van der Waals surface area contributed by atoms with Gasteiger partial charge in [0.25, 0.3) is 0 Å². The van der Waals surface area contributed by atoms with Crippen LogP contribution in [0.15, 0.2) is 4.99 Å². The number of hydrogen-bond donors (Lipinski definition) is 1. The van der Waals surface area contributed by atoms with Crippen LogP contribution in [0.3, 0.4) is 0 Å². The lowest BCUT2D eigenvalue weighted by Gasteiger charge is -2.35. The van der Waals surface area contributed by atoms with Crippen LogP contribution >= 0.6 is 0 Å². The molecule has 0 aromatic heterocycles. The first-order valence-electron chi connectivity index (χ1n) is 4.58. The van der Waals surface area contributed by atoms with Gasteiger partial charge in [0.1, 0.15) is 0 Å². The molecule has 12 heavy (non-hydrogen) atoms. The highest BCUT2D eigenvalue weighted by Gasteiger charge is 2.22. The highest BCUT2D eigenvalue weighted by atomic mass is 15.2. The number of likely N-dealkylation sites (tertiary alicyclic amines) is 1. The van der Waals surface area contributed by atoms with E-state index in [-0.39, 0.29) is 0 Å². The lowest BCUT2D eigenvalue weighted by atomic mass is 10.0. The minimum absolute atomic E-state index is 0.391. The van der Waals surface area contributed by atoms with Crippen molar-refractivity contribution < 1.29 is 0 Å². The highest BCUT2D eigenvalue weighted by Crippen LogP contribution is 2.12. The maximum atomic E-state index is 5.71. The summed E-state index contributed by atoms with van der Waals surface area (Å²) >= 11 is 0. The van der Waals surface area contributed by atoms with Crippen molar-refractivity contribution in [2.24, 2.45) is 22.6 Å². The molecule has 0 aliphatic carbocycles. The van der Waals surface area contributed by atoms with Gasteiger partial charge in [0, 0.05) is 31.5 Å². The summed E-state index contributed by atoms with van der Waals surface area (Å²) in [5.74, 6) is 1.93. The van der Waals surface area contributed by atoms with Gasteiger partial charge in [-0.3, -0.25) is 4.99 Å². The van der Waals surface area contributed by atoms with E-state index < -0.39 is 0 Å². The Kier molecular flexibility index (Phi) is 3.09. The van der Waals surface area contributed by atoms with Crippen LogP contribution in [0.1, 0.15) is 13.8 Å². The molecule has 0 radical (unpaired) electrons. The van der Waals surface area contributed by atoms with Crippen LogP contribution in [0, 0.1) is 11.8 Å². The molecule has 0 amide bonds. The van der Waals surface area contributed by atoms with Crippen LogP contribution < -0.4 is 5.73 Å². The average Bonchev–Trinajstić information content (AvgIpc) is 1.95. The van der Waals surface area contributed by atoms with Crippen molar-refractivity contribution in [2.75, 3.05) is 26.7 Å². The van der Waals surface area contributed by atoms with E-state index >= 15 is 0 Å². The second kappa shape index (κ2) is 3.90. The van der Waals surface area contributed by atoms with Crippen molar-refractivity contribution in [3.05, 3.63) is 0 Å². The third-order valence-electron chi connectivity index (χ3n) is 2.26. The molecule has 70 valence electrons. The molecule has 1 rings (SSSR count). The molecular weight excluding hydrogens is 150 g/mol. The van der Waals surface area contributed by atoms with E-state index in [0.29, 0.717) is 5.92 Å². The zero-order chi connectivity index (χ0) is 9.14. The van der Waals surface area contributed by atoms with Crippen molar-refractivity contribution in [1.82, 2.24) is 4.90 Å². The first-order chi connectivity index (χ1) is 5.59. The quantitative estimate of drug-likeness (QED) is 0.495. The maximum absolute atomic E-state index is 5.71. The summed E-state index contributed by atoms with van der Waals surface area (Å²) in [6.07, 6.45) is 0. The molecular formula is C9H19N3. The monoisotopic (exact) mass is 169 g/mol. The second-order valence-corrected chi connectivity index (χ2v) is 4.01. The van der Waals surface area contributed by atoms with Gasteiger partial charge in [0.2, 0.25) is 0 Å². The Balaban J connectivity index is 2.20. The summed E-state index contributed by atoms with van der Waals surface area (Å²) in [5, 5.41) is 0. The fraction of sp³-hybridized carbons (Fsp3) is 0.889. The Morgan fingerprint density at radius 3 is 2.58 bits per heavy atom. The van der Waals surface area contributed by atoms with Gasteiger partial charge in [-0.05, 0) is 7.05 Å². The molecule has 0 spiro atoms. The Morgan fingerprint density at radius 1 is 1.58 bits per heavy atom. The molecule has 0 bridgehead atoms. The van der Waals surface area contributed by atoms with Crippen LogP contribution in [0.2, 0.25) is 0 Å². The molecule has 0 aromatic carbocycles. The summed E-state index contributed by atoms with van der Waals surface area (Å²) in [6.45, 7) is 7.41. The van der Waals surface area contributed by atoms with E-state index in [1.165, 1.54) is 13.1 Å². The zero-order valence-electron chi connectivity index (χ0n) is 8.25. The maximum Gasteiger partial charge on any atom is 0.0962 e.